The van der Waals surface area contributed by atoms with Gasteiger partial charge in [-0.2, -0.15) is 0 Å². The number of nitrogens with zero attached hydrogens (tertiary/aromatic N) is 1. The monoisotopic (exact) mass is 512 g/mol. The van der Waals surface area contributed by atoms with E-state index in [2.05, 4.69) is 31.9 Å². The molecule has 3 heterocycles. The smallest absolute Gasteiger partial charge is 0.320 e. The van der Waals surface area contributed by atoms with Crippen LogP contribution in [0.15, 0.2) is 46.9 Å². The van der Waals surface area contributed by atoms with Gasteiger partial charge in [-0.25, -0.2) is 4.79 Å². The maximum absolute atomic E-state index is 12.8. The summed E-state index contributed by atoms with van der Waals surface area (Å²) in [4.78, 5) is 50.7. The van der Waals surface area contributed by atoms with Gasteiger partial charge in [0.25, 0.3) is 5.91 Å². The number of rotatable bonds is 4. The zero-order valence-corrected chi connectivity index (χ0v) is 19.1. The molecule has 2 saturated heterocycles. The highest BCUT2D eigenvalue weighted by atomic mass is 79.9. The molecule has 3 aliphatic heterocycles. The van der Waals surface area contributed by atoms with Gasteiger partial charge in [-0.3, -0.25) is 19.7 Å². The minimum atomic E-state index is -0.675. The van der Waals surface area contributed by atoms with Gasteiger partial charge in [0, 0.05) is 28.7 Å². The van der Waals surface area contributed by atoms with Crippen molar-refractivity contribution in [1.82, 2.24) is 15.5 Å². The van der Waals surface area contributed by atoms with E-state index in [-0.39, 0.29) is 30.8 Å². The van der Waals surface area contributed by atoms with Crippen molar-refractivity contribution in [3.8, 4) is 0 Å². The van der Waals surface area contributed by atoms with E-state index < -0.39 is 17.5 Å². The van der Waals surface area contributed by atoms with E-state index in [9.17, 15) is 19.2 Å². The number of hydrogen-bond donors (Lipinski definition) is 3. The normalized spacial score (nSPS) is 21.2. The molecule has 5 amide bonds. The summed E-state index contributed by atoms with van der Waals surface area (Å²) in [5.41, 5.74) is 2.08. The maximum atomic E-state index is 12.8. The van der Waals surface area contributed by atoms with Crippen LogP contribution in [0.1, 0.15) is 34.3 Å². The number of carbonyl (C=O) groups is 4. The Morgan fingerprint density at radius 1 is 1.15 bits per heavy atom. The number of hydrogen-bond acceptors (Lipinski definition) is 5. The Morgan fingerprint density at radius 2 is 1.97 bits per heavy atom. The fourth-order valence-corrected chi connectivity index (χ4v) is 4.83. The SMILES string of the molecule is O=C1CCC(N2Cc3cc(NC(=O)NC4(c5cccc(Br)c5)COC4)ccc3C2=O)C(=O)N1. The average Bonchev–Trinajstić information content (AvgIpc) is 3.06. The van der Waals surface area contributed by atoms with Crippen LogP contribution >= 0.6 is 15.9 Å². The zero-order chi connectivity index (χ0) is 23.2. The van der Waals surface area contributed by atoms with E-state index in [1.54, 1.807) is 18.2 Å². The van der Waals surface area contributed by atoms with Gasteiger partial charge >= 0.3 is 6.03 Å². The van der Waals surface area contributed by atoms with Gasteiger partial charge in [0.15, 0.2) is 0 Å². The second-order valence-corrected chi connectivity index (χ2v) is 9.35. The molecule has 0 bridgehead atoms. The number of carbonyl (C=O) groups excluding carboxylic acids is 4. The molecule has 1 atom stereocenters. The van der Waals surface area contributed by atoms with Crippen molar-refractivity contribution in [1.29, 1.82) is 0 Å². The number of nitrogens with one attached hydrogen (secondary N) is 3. The molecule has 0 saturated carbocycles. The molecule has 0 radical (unpaired) electrons. The number of imide groups is 1. The first-order chi connectivity index (χ1) is 15.8. The van der Waals surface area contributed by atoms with E-state index >= 15 is 0 Å². The lowest BCUT2D eigenvalue weighted by atomic mass is 9.88. The molecule has 3 aliphatic rings. The van der Waals surface area contributed by atoms with Crippen LogP contribution in [-0.2, 0) is 26.4 Å². The van der Waals surface area contributed by atoms with Crippen molar-refractivity contribution < 1.29 is 23.9 Å². The summed E-state index contributed by atoms with van der Waals surface area (Å²) < 4.78 is 6.30. The van der Waals surface area contributed by atoms with Crippen LogP contribution in [0, 0.1) is 0 Å². The molecular formula is C23H21BrN4O5. The van der Waals surface area contributed by atoms with E-state index in [4.69, 9.17) is 4.74 Å². The molecule has 9 nitrogen and oxygen atoms in total. The highest BCUT2D eigenvalue weighted by Crippen LogP contribution is 2.32. The molecule has 170 valence electrons. The van der Waals surface area contributed by atoms with E-state index in [1.165, 1.54) is 4.90 Å². The maximum Gasteiger partial charge on any atom is 0.320 e. The Morgan fingerprint density at radius 3 is 2.67 bits per heavy atom. The molecule has 1 unspecified atom stereocenters. The number of benzene rings is 2. The third kappa shape index (κ3) is 4.00. The Hall–Kier alpha value is -3.24. The predicted molar refractivity (Wildman–Crippen MR) is 121 cm³/mol. The van der Waals surface area contributed by atoms with Crippen molar-refractivity contribution in [3.05, 3.63) is 63.6 Å². The van der Waals surface area contributed by atoms with Crippen LogP contribution in [0.3, 0.4) is 0 Å². The fourth-order valence-electron chi connectivity index (χ4n) is 4.44. The minimum Gasteiger partial charge on any atom is -0.376 e. The average molecular weight is 513 g/mol. The molecule has 33 heavy (non-hydrogen) atoms. The van der Waals surface area contributed by atoms with Crippen molar-refractivity contribution in [2.24, 2.45) is 0 Å². The van der Waals surface area contributed by atoms with Gasteiger partial charge < -0.3 is 20.3 Å². The van der Waals surface area contributed by atoms with Gasteiger partial charge in [0.05, 0.1) is 13.2 Å². The summed E-state index contributed by atoms with van der Waals surface area (Å²) in [5, 5.41) is 8.13. The number of urea groups is 1. The fraction of sp³-hybridized carbons (Fsp3) is 0.304. The van der Waals surface area contributed by atoms with Gasteiger partial charge in [-0.15, -0.1) is 0 Å². The van der Waals surface area contributed by atoms with Gasteiger partial charge in [0.1, 0.15) is 11.6 Å². The molecule has 2 fully saturated rings. The second-order valence-electron chi connectivity index (χ2n) is 8.44. The summed E-state index contributed by atoms with van der Waals surface area (Å²) in [6.07, 6.45) is 0.505. The molecule has 2 aromatic carbocycles. The molecule has 5 rings (SSSR count). The quantitative estimate of drug-likeness (QED) is 0.543. The number of halogens is 1. The number of amides is 5. The van der Waals surface area contributed by atoms with Crippen LogP contribution < -0.4 is 16.0 Å². The topological polar surface area (TPSA) is 117 Å². The van der Waals surface area contributed by atoms with Crippen molar-refractivity contribution >= 4 is 45.4 Å². The summed E-state index contributed by atoms with van der Waals surface area (Å²) >= 11 is 3.46. The first kappa shape index (κ1) is 21.6. The molecule has 0 spiro atoms. The van der Waals surface area contributed by atoms with Crippen LogP contribution in [-0.4, -0.2) is 47.9 Å². The summed E-state index contributed by atoms with van der Waals surface area (Å²) in [6, 6.07) is 11.7. The lowest BCUT2D eigenvalue weighted by Gasteiger charge is -2.42. The van der Waals surface area contributed by atoms with E-state index in [1.807, 2.05) is 24.3 Å². The van der Waals surface area contributed by atoms with Crippen molar-refractivity contribution in [2.75, 3.05) is 18.5 Å². The van der Waals surface area contributed by atoms with Crippen LogP contribution in [0.4, 0.5) is 10.5 Å². The lowest BCUT2D eigenvalue weighted by Crippen LogP contribution is -2.60. The number of fused-ring (bicyclic) bond motifs is 1. The Kier molecular flexibility index (Phi) is 5.41. The highest BCUT2D eigenvalue weighted by molar-refractivity contribution is 9.10. The second kappa shape index (κ2) is 8.27. The summed E-state index contributed by atoms with van der Waals surface area (Å²) in [5.74, 6) is -1.03. The minimum absolute atomic E-state index is 0.201. The molecular weight excluding hydrogens is 492 g/mol. The van der Waals surface area contributed by atoms with Crippen molar-refractivity contribution in [2.45, 2.75) is 31.0 Å². The largest absolute Gasteiger partial charge is 0.376 e. The first-order valence-corrected chi connectivity index (χ1v) is 11.3. The Balaban J connectivity index is 1.28. The van der Waals surface area contributed by atoms with Crippen LogP contribution in [0.25, 0.3) is 0 Å². The Labute approximate surface area is 198 Å². The lowest BCUT2D eigenvalue weighted by molar-refractivity contribution is -0.136. The third-order valence-corrected chi connectivity index (χ3v) is 6.70. The molecule has 3 N–H and O–H groups in total. The van der Waals surface area contributed by atoms with Gasteiger partial charge in [-0.05, 0) is 47.9 Å². The first-order valence-electron chi connectivity index (χ1n) is 10.6. The highest BCUT2D eigenvalue weighted by Gasteiger charge is 2.42. The standard InChI is InChI=1S/C23H21BrN4O5/c24-15-3-1-2-14(9-15)23(11-33-12-23)27-22(32)25-16-4-5-17-13(8-16)10-28(21(17)31)18-6-7-19(29)26-20(18)30/h1-5,8-9,18H,6-7,10-12H2,(H2,25,27,32)(H,26,29,30). The number of piperidine rings is 1. The number of ether oxygens (including phenoxy) is 1. The van der Waals surface area contributed by atoms with Gasteiger partial charge in [0.2, 0.25) is 11.8 Å². The summed E-state index contributed by atoms with van der Waals surface area (Å²) in [6.45, 7) is 0.986. The molecule has 2 aromatic rings. The Bertz CT molecular complexity index is 1180. The van der Waals surface area contributed by atoms with Crippen LogP contribution in [0.2, 0.25) is 0 Å². The zero-order valence-electron chi connectivity index (χ0n) is 17.5. The molecule has 0 aliphatic carbocycles. The third-order valence-electron chi connectivity index (χ3n) is 6.21. The predicted octanol–water partition coefficient (Wildman–Crippen LogP) is 2.26. The van der Waals surface area contributed by atoms with E-state index in [0.29, 0.717) is 30.9 Å². The van der Waals surface area contributed by atoms with Crippen LogP contribution in [0.5, 0.6) is 0 Å². The number of anilines is 1. The van der Waals surface area contributed by atoms with Crippen molar-refractivity contribution in [3.63, 3.8) is 0 Å². The molecule has 10 heteroatoms. The van der Waals surface area contributed by atoms with E-state index in [0.717, 1.165) is 15.6 Å². The summed E-state index contributed by atoms with van der Waals surface area (Å²) in [7, 11) is 0. The molecule has 0 aromatic heterocycles. The van der Waals surface area contributed by atoms with Gasteiger partial charge in [-0.1, -0.05) is 28.1 Å².